The zero-order valence-electron chi connectivity index (χ0n) is 12.7. The Morgan fingerprint density at radius 1 is 1.26 bits per heavy atom. The van der Waals surface area contributed by atoms with Crippen molar-refractivity contribution in [2.24, 2.45) is 0 Å². The lowest BCUT2D eigenvalue weighted by atomic mass is 10.2. The summed E-state index contributed by atoms with van der Waals surface area (Å²) in [5, 5.41) is 9.44. The highest BCUT2D eigenvalue weighted by Crippen LogP contribution is 2.27. The highest BCUT2D eigenvalue weighted by Gasteiger charge is 2.18. The third kappa shape index (κ3) is 3.49. The maximum absolute atomic E-state index is 12.5. The number of para-hydroxylation sites is 1. The standard InChI is InChI=1S/C17H17N3O2S/c1-22-10-9-18-17(21)14-12-20(13-6-3-2-4-7-13)19-16(14)15-8-5-11-23-15/h2-8,11-12H,9-10H2,1H3,(H,18,21). The number of ether oxygens (including phenoxy) is 1. The van der Waals surface area contributed by atoms with Crippen LogP contribution in [0.15, 0.2) is 54.0 Å². The average molecular weight is 327 g/mol. The first-order valence-electron chi connectivity index (χ1n) is 7.25. The topological polar surface area (TPSA) is 56.1 Å². The summed E-state index contributed by atoms with van der Waals surface area (Å²) < 4.78 is 6.71. The van der Waals surface area contributed by atoms with Gasteiger partial charge in [-0.2, -0.15) is 5.10 Å². The lowest BCUT2D eigenvalue weighted by Gasteiger charge is -2.03. The molecule has 0 fully saturated rings. The fourth-order valence-electron chi connectivity index (χ4n) is 2.21. The lowest BCUT2D eigenvalue weighted by Crippen LogP contribution is -2.27. The van der Waals surface area contributed by atoms with Gasteiger partial charge in [-0.1, -0.05) is 24.3 Å². The van der Waals surface area contributed by atoms with E-state index in [0.717, 1.165) is 10.6 Å². The summed E-state index contributed by atoms with van der Waals surface area (Å²) in [4.78, 5) is 13.4. The monoisotopic (exact) mass is 327 g/mol. The van der Waals surface area contributed by atoms with Gasteiger partial charge >= 0.3 is 0 Å². The summed E-state index contributed by atoms with van der Waals surface area (Å²) in [6.07, 6.45) is 1.77. The molecule has 5 nitrogen and oxygen atoms in total. The molecule has 118 valence electrons. The first-order valence-corrected chi connectivity index (χ1v) is 8.13. The van der Waals surface area contributed by atoms with Crippen molar-refractivity contribution in [3.8, 4) is 16.3 Å². The predicted molar refractivity (Wildman–Crippen MR) is 91.1 cm³/mol. The number of nitrogens with one attached hydrogen (secondary N) is 1. The maximum atomic E-state index is 12.5. The second-order valence-corrected chi connectivity index (χ2v) is 5.85. The van der Waals surface area contributed by atoms with Gasteiger partial charge in [0.15, 0.2) is 0 Å². The molecule has 0 radical (unpaired) electrons. The van der Waals surface area contributed by atoms with E-state index >= 15 is 0 Å². The first-order chi connectivity index (χ1) is 11.3. The van der Waals surface area contributed by atoms with Gasteiger partial charge < -0.3 is 10.1 Å². The third-order valence-corrected chi connectivity index (χ3v) is 4.20. The summed E-state index contributed by atoms with van der Waals surface area (Å²) in [5.74, 6) is -0.146. The van der Waals surface area contributed by atoms with E-state index < -0.39 is 0 Å². The fourth-order valence-corrected chi connectivity index (χ4v) is 2.93. The van der Waals surface area contributed by atoms with E-state index in [4.69, 9.17) is 4.74 Å². The molecule has 0 bridgehead atoms. The van der Waals surface area contributed by atoms with Crippen LogP contribution in [0.1, 0.15) is 10.4 Å². The van der Waals surface area contributed by atoms with Gasteiger partial charge in [0.2, 0.25) is 0 Å². The predicted octanol–water partition coefficient (Wildman–Crippen LogP) is 2.98. The second kappa shape index (κ2) is 7.21. The normalized spacial score (nSPS) is 10.7. The van der Waals surface area contributed by atoms with E-state index in [0.29, 0.717) is 24.4 Å². The zero-order valence-corrected chi connectivity index (χ0v) is 13.5. The average Bonchev–Trinajstić information content (AvgIpc) is 3.25. The van der Waals surface area contributed by atoms with Crippen molar-refractivity contribution >= 4 is 17.2 Å². The molecule has 0 aliphatic carbocycles. The molecule has 1 N–H and O–H groups in total. The Kier molecular flexibility index (Phi) is 4.85. The van der Waals surface area contributed by atoms with Crippen LogP contribution in [0.3, 0.4) is 0 Å². The molecule has 0 saturated carbocycles. The van der Waals surface area contributed by atoms with Crippen LogP contribution in [0.2, 0.25) is 0 Å². The van der Waals surface area contributed by atoms with Crippen molar-refractivity contribution in [1.82, 2.24) is 15.1 Å². The number of aromatic nitrogens is 2. The van der Waals surface area contributed by atoms with E-state index in [1.165, 1.54) is 0 Å². The van der Waals surface area contributed by atoms with Crippen molar-refractivity contribution in [2.45, 2.75) is 0 Å². The molecule has 2 aromatic heterocycles. The minimum atomic E-state index is -0.146. The minimum absolute atomic E-state index is 0.146. The molecule has 2 heterocycles. The molecule has 1 amide bonds. The van der Waals surface area contributed by atoms with Gasteiger partial charge in [0, 0.05) is 19.9 Å². The van der Waals surface area contributed by atoms with E-state index in [9.17, 15) is 4.79 Å². The van der Waals surface area contributed by atoms with Crippen molar-refractivity contribution in [3.05, 3.63) is 59.6 Å². The number of thiophene rings is 1. The van der Waals surface area contributed by atoms with E-state index in [1.54, 1.807) is 29.3 Å². The zero-order chi connectivity index (χ0) is 16.1. The number of methoxy groups -OCH3 is 1. The van der Waals surface area contributed by atoms with Crippen LogP contribution in [-0.4, -0.2) is 35.9 Å². The summed E-state index contributed by atoms with van der Waals surface area (Å²) in [6.45, 7) is 0.947. The van der Waals surface area contributed by atoms with Crippen LogP contribution in [0.4, 0.5) is 0 Å². The number of carbonyl (C=O) groups is 1. The Bertz CT molecular complexity index is 767. The summed E-state index contributed by atoms with van der Waals surface area (Å²) >= 11 is 1.56. The lowest BCUT2D eigenvalue weighted by molar-refractivity contribution is 0.0938. The molecular weight excluding hydrogens is 310 g/mol. The summed E-state index contributed by atoms with van der Waals surface area (Å²) in [6, 6.07) is 13.7. The molecule has 1 aromatic carbocycles. The number of carbonyl (C=O) groups excluding carboxylic acids is 1. The third-order valence-electron chi connectivity index (χ3n) is 3.33. The Morgan fingerprint density at radius 2 is 2.09 bits per heavy atom. The van der Waals surface area contributed by atoms with Crippen LogP contribution in [0.25, 0.3) is 16.3 Å². The first kappa shape index (κ1) is 15.5. The molecule has 0 spiro atoms. The van der Waals surface area contributed by atoms with Crippen LogP contribution in [-0.2, 0) is 4.74 Å². The quantitative estimate of drug-likeness (QED) is 0.708. The smallest absolute Gasteiger partial charge is 0.255 e. The van der Waals surface area contributed by atoms with Gasteiger partial charge in [-0.05, 0) is 23.6 Å². The number of rotatable bonds is 6. The largest absolute Gasteiger partial charge is 0.383 e. The van der Waals surface area contributed by atoms with Gasteiger partial charge in [-0.15, -0.1) is 11.3 Å². The Labute approximate surface area is 138 Å². The highest BCUT2D eigenvalue weighted by atomic mass is 32.1. The van der Waals surface area contributed by atoms with Crippen LogP contribution in [0.5, 0.6) is 0 Å². The molecule has 0 aliphatic heterocycles. The van der Waals surface area contributed by atoms with E-state index in [-0.39, 0.29) is 5.91 Å². The summed E-state index contributed by atoms with van der Waals surface area (Å²) in [7, 11) is 1.61. The molecule has 6 heteroatoms. The molecule has 0 aliphatic rings. The number of hydrogen-bond donors (Lipinski definition) is 1. The molecule has 3 rings (SSSR count). The molecule has 0 unspecified atom stereocenters. The van der Waals surface area contributed by atoms with Crippen LogP contribution in [0, 0.1) is 0 Å². The number of nitrogens with zero attached hydrogens (tertiary/aromatic N) is 2. The Hall–Kier alpha value is -2.44. The number of hydrogen-bond acceptors (Lipinski definition) is 4. The van der Waals surface area contributed by atoms with Crippen molar-refractivity contribution in [3.63, 3.8) is 0 Å². The fraction of sp³-hybridized carbons (Fsp3) is 0.176. The van der Waals surface area contributed by atoms with Gasteiger partial charge in [0.1, 0.15) is 5.69 Å². The van der Waals surface area contributed by atoms with Crippen LogP contribution >= 0.6 is 11.3 Å². The molecule has 0 atom stereocenters. The van der Waals surface area contributed by atoms with Crippen molar-refractivity contribution in [2.75, 3.05) is 20.3 Å². The Morgan fingerprint density at radius 3 is 2.78 bits per heavy atom. The molecule has 0 saturated heterocycles. The SMILES string of the molecule is COCCNC(=O)c1cn(-c2ccccc2)nc1-c1cccs1. The number of benzene rings is 1. The molecule has 23 heavy (non-hydrogen) atoms. The highest BCUT2D eigenvalue weighted by molar-refractivity contribution is 7.13. The molecular formula is C17H17N3O2S. The molecule has 3 aromatic rings. The number of amides is 1. The maximum Gasteiger partial charge on any atom is 0.255 e. The van der Waals surface area contributed by atoms with Gasteiger partial charge in [0.25, 0.3) is 5.91 Å². The Balaban J connectivity index is 1.96. The minimum Gasteiger partial charge on any atom is -0.383 e. The van der Waals surface area contributed by atoms with E-state index in [2.05, 4.69) is 10.4 Å². The second-order valence-electron chi connectivity index (χ2n) is 4.90. The van der Waals surface area contributed by atoms with Gasteiger partial charge in [-0.3, -0.25) is 4.79 Å². The van der Waals surface area contributed by atoms with Gasteiger partial charge in [0.05, 0.1) is 22.7 Å². The summed E-state index contributed by atoms with van der Waals surface area (Å²) in [5.41, 5.74) is 2.17. The van der Waals surface area contributed by atoms with Crippen LogP contribution < -0.4 is 5.32 Å². The van der Waals surface area contributed by atoms with Crippen molar-refractivity contribution in [1.29, 1.82) is 0 Å². The van der Waals surface area contributed by atoms with Crippen molar-refractivity contribution < 1.29 is 9.53 Å². The van der Waals surface area contributed by atoms with E-state index in [1.807, 2.05) is 47.8 Å². The van der Waals surface area contributed by atoms with Gasteiger partial charge in [-0.25, -0.2) is 4.68 Å².